The molecule has 10 nitrogen and oxygen atoms in total. The summed E-state index contributed by atoms with van der Waals surface area (Å²) >= 11 is 15.6. The van der Waals surface area contributed by atoms with Crippen molar-refractivity contribution in [3.8, 4) is 0 Å². The number of thioether (sulfide) groups is 1. The number of hydrogen-bond donors (Lipinski definition) is 1. The van der Waals surface area contributed by atoms with Gasteiger partial charge in [0, 0.05) is 33.2 Å². The lowest BCUT2D eigenvalue weighted by Crippen LogP contribution is -2.38. The molecule has 6 heterocycles. The van der Waals surface area contributed by atoms with E-state index in [-0.39, 0.29) is 74.3 Å². The molecule has 4 saturated heterocycles. The molecule has 6 atom stereocenters. The quantitative estimate of drug-likeness (QED) is 0.0599. The van der Waals surface area contributed by atoms with E-state index >= 15 is 0 Å². The molecule has 0 aliphatic carbocycles. The first-order valence-electron chi connectivity index (χ1n) is 17.5. The second kappa shape index (κ2) is 21.6. The summed E-state index contributed by atoms with van der Waals surface area (Å²) < 4.78 is 37.7. The van der Waals surface area contributed by atoms with Crippen LogP contribution in [0.3, 0.4) is 0 Å². The van der Waals surface area contributed by atoms with Gasteiger partial charge in [0.15, 0.2) is 20.9 Å². The van der Waals surface area contributed by atoms with Gasteiger partial charge in [0.1, 0.15) is 12.2 Å². The van der Waals surface area contributed by atoms with E-state index < -0.39 is 0 Å². The van der Waals surface area contributed by atoms with Crippen LogP contribution in [-0.4, -0.2) is 83.7 Å². The zero-order valence-corrected chi connectivity index (χ0v) is 35.0. The Balaban J connectivity index is 0.000000192. The van der Waals surface area contributed by atoms with E-state index in [0.717, 1.165) is 77.5 Å². The second-order valence-corrected chi connectivity index (χ2v) is 17.0. The zero-order chi connectivity index (χ0) is 35.4. The van der Waals surface area contributed by atoms with Crippen molar-refractivity contribution in [2.45, 2.75) is 106 Å². The molecule has 2 unspecified atom stereocenters. The van der Waals surface area contributed by atoms with Crippen LogP contribution in [0.15, 0.2) is 52.9 Å². The van der Waals surface area contributed by atoms with Crippen molar-refractivity contribution in [3.05, 3.63) is 52.5 Å². The normalized spacial score (nSPS) is 26.2. The SMILES string of the molecule is I.O=C1C[C@H](OC2CCCCO2)C[C@@H](CCl)O1.O=C1C[C@H](OC2CCCCO2)C[C@@H](CSc2nc3ccccc3s2)O1.S=c1[nH]c2ccccc2s1.[HH]. The predicted octanol–water partition coefficient (Wildman–Crippen LogP) is 9.67. The lowest BCUT2D eigenvalue weighted by Gasteiger charge is -2.32. The van der Waals surface area contributed by atoms with Gasteiger partial charge in [-0.25, -0.2) is 4.98 Å². The van der Waals surface area contributed by atoms with Crippen LogP contribution in [0.2, 0.25) is 0 Å². The van der Waals surface area contributed by atoms with E-state index in [9.17, 15) is 9.59 Å². The van der Waals surface area contributed by atoms with E-state index in [1.165, 1.54) is 9.40 Å². The Morgan fingerprint density at radius 1 is 0.846 bits per heavy atom. The molecular weight excluding hydrogens is 879 g/mol. The number of carbonyl (C=O) groups is 2. The fourth-order valence-electron chi connectivity index (χ4n) is 6.13. The van der Waals surface area contributed by atoms with Gasteiger partial charge in [0.05, 0.1) is 51.4 Å². The maximum atomic E-state index is 11.9. The molecule has 0 amide bonds. The molecule has 0 bridgehead atoms. The molecule has 4 aliphatic rings. The van der Waals surface area contributed by atoms with Crippen molar-refractivity contribution in [2.75, 3.05) is 24.8 Å². The average Bonchev–Trinajstić information content (AvgIpc) is 3.74. The van der Waals surface area contributed by atoms with Gasteiger partial charge in [0.2, 0.25) is 0 Å². The maximum absolute atomic E-state index is 11.9. The number of thiazole rings is 2. The lowest BCUT2D eigenvalue weighted by atomic mass is 10.1. The van der Waals surface area contributed by atoms with Crippen molar-refractivity contribution >= 4 is 115 Å². The highest BCUT2D eigenvalue weighted by Crippen LogP contribution is 2.32. The Morgan fingerprint density at radius 3 is 2.04 bits per heavy atom. The summed E-state index contributed by atoms with van der Waals surface area (Å²) in [4.78, 5) is 30.9. The van der Waals surface area contributed by atoms with E-state index in [1.54, 1.807) is 34.4 Å². The number of H-pyrrole nitrogens is 1. The van der Waals surface area contributed by atoms with E-state index in [1.807, 2.05) is 36.4 Å². The molecule has 286 valence electrons. The van der Waals surface area contributed by atoms with Crippen molar-refractivity contribution in [1.29, 1.82) is 0 Å². The minimum atomic E-state index is -0.224. The van der Waals surface area contributed by atoms with Crippen LogP contribution >= 0.6 is 82.2 Å². The van der Waals surface area contributed by atoms with E-state index in [4.69, 9.17) is 52.2 Å². The number of cyclic esters (lactones) is 2. The number of fused-ring (bicyclic) bond motifs is 2. The van der Waals surface area contributed by atoms with Gasteiger partial charge in [-0.05, 0) is 75.0 Å². The van der Waals surface area contributed by atoms with Gasteiger partial charge >= 0.3 is 11.9 Å². The van der Waals surface area contributed by atoms with E-state index in [2.05, 4.69) is 22.1 Å². The largest absolute Gasteiger partial charge is 0.461 e. The summed E-state index contributed by atoms with van der Waals surface area (Å²) in [5.41, 5.74) is 2.16. The number of aromatic nitrogens is 2. The standard InChI is InChI=1S/C18H21NO4S2.C11H17ClO4.C7H5NS2.HI.H2/c20-16-10-12(23-17-7-3-4-8-21-17)9-13(22-16)11-24-18-19-14-5-1-2-6-15(14)25-18;12-7-9-5-8(6-10(13)15-9)16-11-3-1-2-4-14-11;9-7-8-5-3-1-2-4-6(5)10-7;;/h1-2,5-6,12-13,17H,3-4,7-11H2;8-9,11H,1-7H2;1-4H,(H,8,9);2*1H/t12-,13+,17?;8-,9+,11?;;;/m11.../s1. The van der Waals surface area contributed by atoms with Gasteiger partial charge in [0.25, 0.3) is 0 Å². The van der Waals surface area contributed by atoms with Crippen LogP contribution in [0.1, 0.15) is 65.6 Å². The van der Waals surface area contributed by atoms with Gasteiger partial charge < -0.3 is 33.4 Å². The highest BCUT2D eigenvalue weighted by atomic mass is 127. The second-order valence-electron chi connectivity index (χ2n) is 12.6. The average molecular weight is 925 g/mol. The molecule has 2 aromatic heterocycles. The van der Waals surface area contributed by atoms with Crippen LogP contribution < -0.4 is 0 Å². The Bertz CT molecular complexity index is 1700. The zero-order valence-electron chi connectivity index (χ0n) is 28.6. The molecule has 0 radical (unpaired) electrons. The fraction of sp³-hybridized carbons (Fsp3) is 0.556. The molecule has 4 fully saturated rings. The number of benzene rings is 2. The summed E-state index contributed by atoms with van der Waals surface area (Å²) in [7, 11) is 0. The monoisotopic (exact) mass is 924 g/mol. The summed E-state index contributed by atoms with van der Waals surface area (Å²) in [6.07, 6.45) is 7.43. The van der Waals surface area contributed by atoms with Crippen molar-refractivity contribution < 1.29 is 39.4 Å². The third-order valence-corrected chi connectivity index (χ3v) is 12.4. The first kappa shape index (κ1) is 41.7. The van der Waals surface area contributed by atoms with Crippen LogP contribution in [0.25, 0.3) is 20.4 Å². The van der Waals surface area contributed by atoms with Crippen molar-refractivity contribution in [2.24, 2.45) is 0 Å². The number of aromatic amines is 1. The van der Waals surface area contributed by atoms with Gasteiger partial charge in [-0.15, -0.1) is 58.3 Å². The first-order chi connectivity index (χ1) is 24.9. The Kier molecular flexibility index (Phi) is 17.4. The highest BCUT2D eigenvalue weighted by molar-refractivity contribution is 14.0. The molecule has 4 aliphatic heterocycles. The lowest BCUT2D eigenvalue weighted by molar-refractivity contribution is -0.208. The number of ether oxygens (including phenoxy) is 6. The molecule has 1 N–H and O–H groups in total. The van der Waals surface area contributed by atoms with Crippen LogP contribution in [-0.2, 0) is 38.0 Å². The molecule has 4 aromatic rings. The maximum Gasteiger partial charge on any atom is 0.308 e. The molecule has 2 aromatic carbocycles. The third-order valence-electron chi connectivity index (χ3n) is 8.57. The van der Waals surface area contributed by atoms with Crippen LogP contribution in [0.5, 0.6) is 0 Å². The number of hydrogen-bond acceptors (Lipinski definition) is 13. The Morgan fingerprint density at radius 2 is 1.44 bits per heavy atom. The summed E-state index contributed by atoms with van der Waals surface area (Å²) in [5, 5.41) is 0. The minimum Gasteiger partial charge on any atom is -0.461 e. The number of alkyl halides is 1. The number of nitrogens with zero attached hydrogens (tertiary/aromatic N) is 1. The molecule has 16 heteroatoms. The predicted molar refractivity (Wildman–Crippen MR) is 221 cm³/mol. The number of halogens is 2. The highest BCUT2D eigenvalue weighted by Gasteiger charge is 2.33. The molecule has 0 spiro atoms. The topological polar surface area (TPSA) is 118 Å². The van der Waals surface area contributed by atoms with Gasteiger partial charge in [-0.3, -0.25) is 9.59 Å². The van der Waals surface area contributed by atoms with Crippen LogP contribution in [0, 0.1) is 3.95 Å². The number of esters is 2. The fourth-order valence-corrected chi connectivity index (χ4v) is 9.54. The molecule has 0 saturated carbocycles. The van der Waals surface area contributed by atoms with Crippen LogP contribution in [0.4, 0.5) is 0 Å². The number of para-hydroxylation sites is 2. The Labute approximate surface area is 344 Å². The summed E-state index contributed by atoms with van der Waals surface area (Å²) in [6, 6.07) is 16.2. The number of carbonyl (C=O) groups excluding carboxylic acids is 2. The Hall–Kier alpha value is -1.41. The summed E-state index contributed by atoms with van der Waals surface area (Å²) in [6.45, 7) is 1.50. The number of rotatable bonds is 8. The molecule has 52 heavy (non-hydrogen) atoms. The van der Waals surface area contributed by atoms with Crippen molar-refractivity contribution in [3.63, 3.8) is 0 Å². The number of nitrogens with one attached hydrogen (secondary N) is 1. The summed E-state index contributed by atoms with van der Waals surface area (Å²) in [5.74, 6) is 0.633. The van der Waals surface area contributed by atoms with Crippen molar-refractivity contribution in [1.82, 2.24) is 9.97 Å². The molecule has 8 rings (SSSR count). The first-order valence-corrected chi connectivity index (χ1v) is 21.0. The van der Waals surface area contributed by atoms with E-state index in [0.29, 0.717) is 30.9 Å². The third kappa shape index (κ3) is 13.1. The minimum absolute atomic E-state index is 0. The molecular formula is C36H46ClIN2O8S4. The van der Waals surface area contributed by atoms with Gasteiger partial charge in [-0.2, -0.15) is 0 Å². The smallest absolute Gasteiger partial charge is 0.308 e. The van der Waals surface area contributed by atoms with Gasteiger partial charge in [-0.1, -0.05) is 36.0 Å².